The van der Waals surface area contributed by atoms with Crippen LogP contribution in [-0.4, -0.2) is 24.8 Å². The topological polar surface area (TPSA) is 21.3 Å². The van der Waals surface area contributed by atoms with Gasteiger partial charge in [-0.1, -0.05) is 6.92 Å². The maximum absolute atomic E-state index is 5.64. The molecule has 1 fully saturated rings. The molecule has 0 spiro atoms. The van der Waals surface area contributed by atoms with E-state index in [1.54, 1.807) is 0 Å². The standard InChI is InChI=1S/C11H23NO/c1-5-10-9(6-7-13-10)8-12-11(2,3)4/h9-10,12H,5-8H2,1-4H3. The first-order valence-corrected chi connectivity index (χ1v) is 5.39. The molecule has 2 atom stereocenters. The van der Waals surface area contributed by atoms with E-state index in [-0.39, 0.29) is 5.54 Å². The van der Waals surface area contributed by atoms with Gasteiger partial charge >= 0.3 is 0 Å². The van der Waals surface area contributed by atoms with Gasteiger partial charge in [-0.2, -0.15) is 0 Å². The van der Waals surface area contributed by atoms with Gasteiger partial charge in [-0.15, -0.1) is 0 Å². The fourth-order valence-electron chi connectivity index (χ4n) is 1.81. The highest BCUT2D eigenvalue weighted by Gasteiger charge is 2.27. The van der Waals surface area contributed by atoms with E-state index in [2.05, 4.69) is 33.0 Å². The van der Waals surface area contributed by atoms with Gasteiger partial charge < -0.3 is 10.1 Å². The van der Waals surface area contributed by atoms with Gasteiger partial charge in [0.2, 0.25) is 0 Å². The molecule has 0 aromatic carbocycles. The van der Waals surface area contributed by atoms with Crippen LogP contribution in [0, 0.1) is 5.92 Å². The van der Waals surface area contributed by atoms with Crippen molar-refractivity contribution in [1.29, 1.82) is 0 Å². The Morgan fingerprint density at radius 3 is 2.62 bits per heavy atom. The third-order valence-corrected chi connectivity index (χ3v) is 2.64. The summed E-state index contributed by atoms with van der Waals surface area (Å²) in [5, 5.41) is 3.55. The average Bonchev–Trinajstić information content (AvgIpc) is 2.46. The maximum Gasteiger partial charge on any atom is 0.0613 e. The van der Waals surface area contributed by atoms with E-state index in [4.69, 9.17) is 4.74 Å². The van der Waals surface area contributed by atoms with Gasteiger partial charge in [0.05, 0.1) is 6.10 Å². The highest BCUT2D eigenvalue weighted by molar-refractivity contribution is 4.80. The summed E-state index contributed by atoms with van der Waals surface area (Å²) in [7, 11) is 0. The Labute approximate surface area is 82.0 Å². The lowest BCUT2D eigenvalue weighted by atomic mass is 9.98. The molecule has 1 aliphatic rings. The number of hydrogen-bond donors (Lipinski definition) is 1. The molecule has 1 aliphatic heterocycles. The van der Waals surface area contributed by atoms with Crippen molar-refractivity contribution in [3.05, 3.63) is 0 Å². The summed E-state index contributed by atoms with van der Waals surface area (Å²) in [6.07, 6.45) is 2.87. The van der Waals surface area contributed by atoms with Crippen LogP contribution in [0.1, 0.15) is 40.5 Å². The molecule has 78 valence electrons. The van der Waals surface area contributed by atoms with Crippen molar-refractivity contribution in [3.8, 4) is 0 Å². The Balaban J connectivity index is 2.28. The van der Waals surface area contributed by atoms with Gasteiger partial charge in [0.1, 0.15) is 0 Å². The quantitative estimate of drug-likeness (QED) is 0.727. The Kier molecular flexibility index (Phi) is 3.74. The van der Waals surface area contributed by atoms with Crippen LogP contribution < -0.4 is 5.32 Å². The third-order valence-electron chi connectivity index (χ3n) is 2.64. The largest absolute Gasteiger partial charge is 0.378 e. The zero-order chi connectivity index (χ0) is 9.90. The second-order valence-corrected chi connectivity index (χ2v) is 5.00. The summed E-state index contributed by atoms with van der Waals surface area (Å²) in [4.78, 5) is 0. The van der Waals surface area contributed by atoms with E-state index in [0.29, 0.717) is 6.10 Å². The molecule has 1 N–H and O–H groups in total. The molecule has 1 heterocycles. The molecule has 2 nitrogen and oxygen atoms in total. The van der Waals surface area contributed by atoms with Crippen molar-refractivity contribution in [2.75, 3.05) is 13.2 Å². The van der Waals surface area contributed by atoms with E-state index in [1.807, 2.05) is 0 Å². The fourth-order valence-corrected chi connectivity index (χ4v) is 1.81. The van der Waals surface area contributed by atoms with Gasteiger partial charge in [0, 0.05) is 18.7 Å². The second kappa shape index (κ2) is 4.43. The summed E-state index contributed by atoms with van der Waals surface area (Å²) in [6.45, 7) is 10.9. The number of hydrogen-bond acceptors (Lipinski definition) is 2. The molecule has 1 rings (SSSR count). The second-order valence-electron chi connectivity index (χ2n) is 5.00. The minimum absolute atomic E-state index is 0.237. The van der Waals surface area contributed by atoms with Crippen molar-refractivity contribution >= 4 is 0 Å². The SMILES string of the molecule is CCC1OCCC1CNC(C)(C)C. The molecule has 0 aromatic rings. The average molecular weight is 185 g/mol. The van der Waals surface area contributed by atoms with Crippen LogP contribution in [0.3, 0.4) is 0 Å². The van der Waals surface area contributed by atoms with Gasteiger partial charge in [0.15, 0.2) is 0 Å². The molecule has 0 aromatic heterocycles. The molecular weight excluding hydrogens is 162 g/mol. The van der Waals surface area contributed by atoms with E-state index in [0.717, 1.165) is 25.5 Å². The number of rotatable bonds is 3. The first-order chi connectivity index (χ1) is 6.03. The molecule has 0 saturated carbocycles. The number of ether oxygens (including phenoxy) is 1. The smallest absolute Gasteiger partial charge is 0.0613 e. The molecule has 13 heavy (non-hydrogen) atoms. The predicted molar refractivity (Wildman–Crippen MR) is 55.9 cm³/mol. The fraction of sp³-hybridized carbons (Fsp3) is 1.00. The van der Waals surface area contributed by atoms with Crippen molar-refractivity contribution in [1.82, 2.24) is 5.32 Å². The van der Waals surface area contributed by atoms with Crippen LogP contribution in [0.15, 0.2) is 0 Å². The predicted octanol–water partition coefficient (Wildman–Crippen LogP) is 2.19. The first-order valence-electron chi connectivity index (χ1n) is 5.39. The van der Waals surface area contributed by atoms with Crippen molar-refractivity contribution in [2.45, 2.75) is 52.2 Å². The summed E-state index contributed by atoms with van der Waals surface area (Å²) in [5.74, 6) is 0.726. The summed E-state index contributed by atoms with van der Waals surface area (Å²) >= 11 is 0. The highest BCUT2D eigenvalue weighted by atomic mass is 16.5. The normalized spacial score (nSPS) is 29.5. The van der Waals surface area contributed by atoms with Crippen molar-refractivity contribution in [2.24, 2.45) is 5.92 Å². The minimum Gasteiger partial charge on any atom is -0.378 e. The minimum atomic E-state index is 0.237. The summed E-state index contributed by atoms with van der Waals surface area (Å²) in [5.41, 5.74) is 0.237. The Morgan fingerprint density at radius 1 is 1.38 bits per heavy atom. The van der Waals surface area contributed by atoms with Crippen LogP contribution in [0.2, 0.25) is 0 Å². The Morgan fingerprint density at radius 2 is 2.08 bits per heavy atom. The van der Waals surface area contributed by atoms with E-state index < -0.39 is 0 Å². The summed E-state index contributed by atoms with van der Waals surface area (Å²) in [6, 6.07) is 0. The van der Waals surface area contributed by atoms with E-state index >= 15 is 0 Å². The molecule has 0 amide bonds. The van der Waals surface area contributed by atoms with Crippen molar-refractivity contribution < 1.29 is 4.74 Å². The molecule has 0 aliphatic carbocycles. The van der Waals surface area contributed by atoms with Gasteiger partial charge in [0.25, 0.3) is 0 Å². The zero-order valence-corrected chi connectivity index (χ0v) is 9.39. The van der Waals surface area contributed by atoms with Crippen LogP contribution in [0.4, 0.5) is 0 Å². The van der Waals surface area contributed by atoms with Gasteiger partial charge in [-0.3, -0.25) is 0 Å². The van der Waals surface area contributed by atoms with E-state index in [9.17, 15) is 0 Å². The van der Waals surface area contributed by atoms with Crippen LogP contribution in [-0.2, 0) is 4.74 Å². The molecular formula is C11H23NO. The Bertz CT molecular complexity index is 151. The van der Waals surface area contributed by atoms with Gasteiger partial charge in [-0.25, -0.2) is 0 Å². The lowest BCUT2D eigenvalue weighted by Crippen LogP contribution is -2.40. The molecule has 1 saturated heterocycles. The van der Waals surface area contributed by atoms with E-state index in [1.165, 1.54) is 6.42 Å². The lowest BCUT2D eigenvalue weighted by molar-refractivity contribution is 0.0858. The van der Waals surface area contributed by atoms with Crippen LogP contribution in [0.25, 0.3) is 0 Å². The Hall–Kier alpha value is -0.0800. The van der Waals surface area contributed by atoms with Crippen LogP contribution in [0.5, 0.6) is 0 Å². The zero-order valence-electron chi connectivity index (χ0n) is 9.39. The maximum atomic E-state index is 5.64. The molecule has 2 heteroatoms. The molecule has 0 radical (unpaired) electrons. The van der Waals surface area contributed by atoms with Crippen molar-refractivity contribution in [3.63, 3.8) is 0 Å². The summed E-state index contributed by atoms with van der Waals surface area (Å²) < 4.78 is 5.64. The lowest BCUT2D eigenvalue weighted by Gasteiger charge is -2.25. The molecule has 2 unspecified atom stereocenters. The third kappa shape index (κ3) is 3.65. The highest BCUT2D eigenvalue weighted by Crippen LogP contribution is 2.23. The first kappa shape index (κ1) is 11.0. The van der Waals surface area contributed by atoms with Gasteiger partial charge in [-0.05, 0) is 39.5 Å². The van der Waals surface area contributed by atoms with Crippen LogP contribution >= 0.6 is 0 Å². The molecule has 0 bridgehead atoms. The monoisotopic (exact) mass is 185 g/mol. The number of nitrogens with one attached hydrogen (secondary N) is 1.